The van der Waals surface area contributed by atoms with E-state index >= 15 is 0 Å². The van der Waals surface area contributed by atoms with Crippen LogP contribution in [0, 0.1) is 0 Å². The van der Waals surface area contributed by atoms with Gasteiger partial charge in [0, 0.05) is 56.7 Å². The maximum absolute atomic E-state index is 2.57. The average molecular weight is 750 g/mol. The highest BCUT2D eigenvalue weighted by Crippen LogP contribution is 2.72. The highest BCUT2D eigenvalue weighted by atomic mass is 32.3. The van der Waals surface area contributed by atoms with Gasteiger partial charge < -0.3 is 4.90 Å². The lowest BCUT2D eigenvalue weighted by Crippen LogP contribution is -2.13. The van der Waals surface area contributed by atoms with Crippen LogP contribution in [0.5, 0.6) is 0 Å². The van der Waals surface area contributed by atoms with E-state index < -0.39 is 20.1 Å². The summed E-state index contributed by atoms with van der Waals surface area (Å²) in [5, 5.41) is 5.26. The van der Waals surface area contributed by atoms with Crippen molar-refractivity contribution in [2.75, 3.05) is 29.9 Å². The largest absolute Gasteiger partial charge is 0.309 e. The highest BCUT2D eigenvalue weighted by Gasteiger charge is 2.37. The van der Waals surface area contributed by atoms with Crippen LogP contribution in [0.15, 0.2) is 183 Å². The minimum Gasteiger partial charge on any atom is -0.309 e. The topological polar surface area (TPSA) is 3.24 Å². The zero-order chi connectivity index (χ0) is 36.3. The maximum Gasteiger partial charge on any atom is 0.0591 e. The van der Waals surface area contributed by atoms with Crippen LogP contribution < -0.4 is 4.90 Å². The Morgan fingerprint density at radius 3 is 2.09 bits per heavy atom. The van der Waals surface area contributed by atoms with Gasteiger partial charge in [-0.25, -0.2) is 0 Å². The minimum atomic E-state index is -1.29. The Morgan fingerprint density at radius 1 is 0.444 bits per heavy atom. The predicted octanol–water partition coefficient (Wildman–Crippen LogP) is 15.3. The molecule has 262 valence electrons. The van der Waals surface area contributed by atoms with Crippen LogP contribution >= 0.6 is 31.4 Å². The van der Waals surface area contributed by atoms with Gasteiger partial charge in [-0.2, -0.15) is 20.1 Å². The van der Waals surface area contributed by atoms with Crippen molar-refractivity contribution in [2.24, 2.45) is 0 Å². The third-order valence-corrected chi connectivity index (χ3v) is 18.7. The second-order valence-corrected chi connectivity index (χ2v) is 23.4. The van der Waals surface area contributed by atoms with Crippen molar-refractivity contribution in [1.82, 2.24) is 0 Å². The third kappa shape index (κ3) is 4.54. The van der Waals surface area contributed by atoms with Crippen LogP contribution in [0.25, 0.3) is 64.3 Å². The van der Waals surface area contributed by atoms with E-state index in [0.717, 1.165) is 0 Å². The quantitative estimate of drug-likeness (QED) is 0.173. The van der Waals surface area contributed by atoms with Gasteiger partial charge in [-0.15, -0.1) is 11.3 Å². The van der Waals surface area contributed by atoms with Crippen molar-refractivity contribution in [3.63, 3.8) is 0 Å². The molecule has 0 N–H and O–H groups in total. The summed E-state index contributed by atoms with van der Waals surface area (Å²) >= 11 is 1.95. The fourth-order valence-electron chi connectivity index (χ4n) is 9.16. The van der Waals surface area contributed by atoms with E-state index in [1.165, 1.54) is 101 Å². The van der Waals surface area contributed by atoms with Gasteiger partial charge in [-0.1, -0.05) is 109 Å². The molecule has 11 rings (SSSR count). The van der Waals surface area contributed by atoms with E-state index in [1.807, 2.05) is 11.3 Å². The van der Waals surface area contributed by atoms with Crippen molar-refractivity contribution in [2.45, 2.75) is 19.6 Å². The fraction of sp³-hybridized carbons (Fsp3) is 0.0800. The molecule has 9 aromatic rings. The lowest BCUT2D eigenvalue weighted by molar-refractivity contribution is 1.22. The molecule has 2 aliphatic rings. The van der Waals surface area contributed by atoms with E-state index in [-0.39, 0.29) is 0 Å². The normalized spacial score (nSPS) is 15.8. The standard InChI is InChI=1S/C50H39NS3/c1-53(2)46-28-27-40-38-17-7-9-21-44(38)52-49(40)48(46)42-26-25-37(31-47(42)53)51(43-20-12-19-41-39-18-8-10-22-45(39)54(3,4)50(41)43)36-16-11-15-34(30-36)35-24-23-32-13-5-6-14-33(32)29-35/h5-31H,1-4H3. The second kappa shape index (κ2) is 11.6. The Bertz CT molecular complexity index is 3020. The van der Waals surface area contributed by atoms with E-state index in [0.29, 0.717) is 0 Å². The summed E-state index contributed by atoms with van der Waals surface area (Å²) in [4.78, 5) is 8.47. The number of thiophene rings is 1. The summed E-state index contributed by atoms with van der Waals surface area (Å²) < 4.78 is 2.78. The lowest BCUT2D eigenvalue weighted by atomic mass is 9.99. The Labute approximate surface area is 324 Å². The Balaban J connectivity index is 1.14. The summed E-state index contributed by atoms with van der Waals surface area (Å²) in [7, 11) is -2.57. The molecular formula is C50H39NS3. The van der Waals surface area contributed by atoms with E-state index in [4.69, 9.17) is 0 Å². The van der Waals surface area contributed by atoms with Crippen molar-refractivity contribution in [1.29, 1.82) is 0 Å². The average Bonchev–Trinajstić information content (AvgIpc) is 3.78. The summed E-state index contributed by atoms with van der Waals surface area (Å²) in [5.74, 6) is 0. The van der Waals surface area contributed by atoms with Crippen molar-refractivity contribution in [3.8, 4) is 33.4 Å². The Morgan fingerprint density at radius 2 is 1.19 bits per heavy atom. The smallest absolute Gasteiger partial charge is 0.0591 e. The van der Waals surface area contributed by atoms with Gasteiger partial charge in [0.15, 0.2) is 0 Å². The van der Waals surface area contributed by atoms with Crippen LogP contribution in [-0.4, -0.2) is 25.0 Å². The number of hydrogen-bond donors (Lipinski definition) is 0. The number of nitrogens with zero attached hydrogens (tertiary/aromatic N) is 1. The molecule has 1 nitrogen and oxygen atoms in total. The first-order valence-electron chi connectivity index (χ1n) is 18.5. The first-order chi connectivity index (χ1) is 26.3. The van der Waals surface area contributed by atoms with Crippen LogP contribution in [0.1, 0.15) is 0 Å². The molecule has 1 aromatic heterocycles. The van der Waals surface area contributed by atoms with Gasteiger partial charge in [-0.05, 0) is 118 Å². The first kappa shape index (κ1) is 32.2. The summed E-state index contributed by atoms with van der Waals surface area (Å²) in [6.45, 7) is 0. The summed E-state index contributed by atoms with van der Waals surface area (Å²) in [6, 6.07) is 61.8. The highest BCUT2D eigenvalue weighted by molar-refractivity contribution is 8.33. The molecule has 0 saturated carbocycles. The number of benzene rings is 8. The molecular weight excluding hydrogens is 711 g/mol. The second-order valence-electron chi connectivity index (χ2n) is 15.3. The van der Waals surface area contributed by atoms with Gasteiger partial charge >= 0.3 is 0 Å². The van der Waals surface area contributed by atoms with Crippen molar-refractivity contribution < 1.29 is 0 Å². The van der Waals surface area contributed by atoms with E-state index in [1.54, 1.807) is 0 Å². The maximum atomic E-state index is 2.57. The minimum absolute atomic E-state index is 1.18. The number of hydrogen-bond acceptors (Lipinski definition) is 2. The number of anilines is 3. The van der Waals surface area contributed by atoms with Gasteiger partial charge in [0.1, 0.15) is 0 Å². The van der Waals surface area contributed by atoms with Gasteiger partial charge in [0.05, 0.1) is 5.69 Å². The van der Waals surface area contributed by atoms with E-state index in [2.05, 4.69) is 194 Å². The number of rotatable bonds is 4. The lowest BCUT2D eigenvalue weighted by Gasteiger charge is -2.36. The molecule has 0 atom stereocenters. The molecule has 54 heavy (non-hydrogen) atoms. The fourth-order valence-corrected chi connectivity index (χ4v) is 15.8. The third-order valence-electron chi connectivity index (χ3n) is 11.8. The SMILES string of the molecule is CS1(C)c2cc(N(c3cccc(-c4ccc5ccccc5c4)c3)c3cccc4c3S(C)(C)c3ccccc3-4)ccc2-c2c1ccc1c2sc2ccccc21. The zero-order valence-corrected chi connectivity index (χ0v) is 33.2. The van der Waals surface area contributed by atoms with Crippen LogP contribution in [0.2, 0.25) is 0 Å². The van der Waals surface area contributed by atoms with Gasteiger partial charge in [0.25, 0.3) is 0 Å². The molecule has 0 amide bonds. The van der Waals surface area contributed by atoms with Crippen molar-refractivity contribution >= 4 is 79.4 Å². The van der Waals surface area contributed by atoms with Crippen LogP contribution in [-0.2, 0) is 0 Å². The molecule has 0 fully saturated rings. The molecule has 0 saturated heterocycles. The molecule has 0 spiro atoms. The summed E-state index contributed by atoms with van der Waals surface area (Å²) in [6.07, 6.45) is 9.95. The Kier molecular flexibility index (Phi) is 6.93. The number of fused-ring (bicyclic) bond motifs is 11. The summed E-state index contributed by atoms with van der Waals surface area (Å²) in [5.41, 5.74) is 11.7. The monoisotopic (exact) mass is 749 g/mol. The van der Waals surface area contributed by atoms with Crippen molar-refractivity contribution in [3.05, 3.63) is 164 Å². The van der Waals surface area contributed by atoms with E-state index in [9.17, 15) is 0 Å². The molecule has 8 aromatic carbocycles. The van der Waals surface area contributed by atoms with Gasteiger partial charge in [-0.3, -0.25) is 0 Å². The van der Waals surface area contributed by atoms with Crippen LogP contribution in [0.4, 0.5) is 17.1 Å². The molecule has 4 heteroatoms. The predicted molar refractivity (Wildman–Crippen MR) is 240 cm³/mol. The molecule has 3 heterocycles. The molecule has 0 radical (unpaired) electrons. The molecule has 0 unspecified atom stereocenters. The van der Waals surface area contributed by atoms with Gasteiger partial charge in [0.2, 0.25) is 0 Å². The Hall–Kier alpha value is -5.26. The molecule has 0 bridgehead atoms. The first-order valence-corrected chi connectivity index (χ1v) is 24.2. The molecule has 2 aliphatic heterocycles. The molecule has 0 aliphatic carbocycles. The van der Waals surface area contributed by atoms with Crippen LogP contribution in [0.3, 0.4) is 0 Å². The zero-order valence-electron chi connectivity index (χ0n) is 30.8.